The molecule has 3 rings (SSSR count). The molecule has 1 heterocycles. The zero-order chi connectivity index (χ0) is 14.7. The molecule has 0 bridgehead atoms. The van der Waals surface area contributed by atoms with Crippen LogP contribution in [-0.2, 0) is 6.42 Å². The summed E-state index contributed by atoms with van der Waals surface area (Å²) in [6.45, 7) is 0. The molecule has 1 aromatic heterocycles. The largest absolute Gasteiger partial charge is 0.508 e. The maximum atomic E-state index is 9.28. The third-order valence-electron chi connectivity index (χ3n) is 4.23. The summed E-state index contributed by atoms with van der Waals surface area (Å²) < 4.78 is 5.34. The van der Waals surface area contributed by atoms with Gasteiger partial charge in [0, 0.05) is 6.42 Å². The van der Waals surface area contributed by atoms with Gasteiger partial charge in [-0.1, -0.05) is 36.6 Å². The maximum Gasteiger partial charge on any atom is 0.243 e. The van der Waals surface area contributed by atoms with Crippen LogP contribution in [0.25, 0.3) is 0 Å². The SMILES string of the molecule is NC(c1nc(Cc2ccc(O)cc2)no1)C1CCCCC1. The topological polar surface area (TPSA) is 85.2 Å². The Bertz CT molecular complexity index is 573. The van der Waals surface area contributed by atoms with Crippen molar-refractivity contribution >= 4 is 0 Å². The Morgan fingerprint density at radius 3 is 2.62 bits per heavy atom. The summed E-state index contributed by atoms with van der Waals surface area (Å²) in [5, 5.41) is 13.3. The molecule has 1 aromatic carbocycles. The molecular formula is C16H21N3O2. The van der Waals surface area contributed by atoms with Crippen LogP contribution in [0.15, 0.2) is 28.8 Å². The monoisotopic (exact) mass is 287 g/mol. The molecule has 112 valence electrons. The molecule has 1 aliphatic rings. The van der Waals surface area contributed by atoms with Gasteiger partial charge in [0.05, 0.1) is 6.04 Å². The fourth-order valence-corrected chi connectivity index (χ4v) is 2.97. The van der Waals surface area contributed by atoms with Crippen molar-refractivity contribution in [3.63, 3.8) is 0 Å². The minimum atomic E-state index is -0.147. The molecule has 3 N–H and O–H groups in total. The highest BCUT2D eigenvalue weighted by molar-refractivity contribution is 5.27. The van der Waals surface area contributed by atoms with Gasteiger partial charge in [-0.25, -0.2) is 0 Å². The molecule has 0 amide bonds. The minimum Gasteiger partial charge on any atom is -0.508 e. The zero-order valence-electron chi connectivity index (χ0n) is 12.0. The molecule has 1 aliphatic carbocycles. The number of nitrogens with zero attached hydrogens (tertiary/aromatic N) is 2. The van der Waals surface area contributed by atoms with Crippen LogP contribution in [0.5, 0.6) is 5.75 Å². The average Bonchev–Trinajstić information content (AvgIpc) is 2.98. The molecule has 1 atom stereocenters. The lowest BCUT2D eigenvalue weighted by molar-refractivity contribution is 0.255. The molecule has 1 fully saturated rings. The summed E-state index contributed by atoms with van der Waals surface area (Å²) in [6.07, 6.45) is 6.67. The van der Waals surface area contributed by atoms with Crippen molar-refractivity contribution in [3.05, 3.63) is 41.5 Å². The van der Waals surface area contributed by atoms with Crippen molar-refractivity contribution in [3.8, 4) is 5.75 Å². The van der Waals surface area contributed by atoms with Crippen molar-refractivity contribution in [2.24, 2.45) is 11.7 Å². The second-order valence-electron chi connectivity index (χ2n) is 5.82. The van der Waals surface area contributed by atoms with E-state index in [4.69, 9.17) is 10.3 Å². The Balaban J connectivity index is 1.66. The molecule has 0 radical (unpaired) electrons. The van der Waals surface area contributed by atoms with E-state index in [0.29, 0.717) is 24.1 Å². The normalized spacial score (nSPS) is 17.8. The quantitative estimate of drug-likeness (QED) is 0.903. The van der Waals surface area contributed by atoms with E-state index in [1.165, 1.54) is 19.3 Å². The zero-order valence-corrected chi connectivity index (χ0v) is 12.0. The number of rotatable bonds is 4. The van der Waals surface area contributed by atoms with E-state index in [2.05, 4.69) is 10.1 Å². The standard InChI is InChI=1S/C16H21N3O2/c17-15(12-4-2-1-3-5-12)16-18-14(19-21-16)10-11-6-8-13(20)9-7-11/h6-9,12,15,20H,1-5,10,17H2. The first kappa shape index (κ1) is 14.1. The van der Waals surface area contributed by atoms with Crippen LogP contribution in [0.2, 0.25) is 0 Å². The molecule has 5 heteroatoms. The van der Waals surface area contributed by atoms with Crippen molar-refractivity contribution < 1.29 is 9.63 Å². The Labute approximate surface area is 124 Å². The Hall–Kier alpha value is -1.88. The number of benzene rings is 1. The number of aromatic nitrogens is 2. The number of aromatic hydroxyl groups is 1. The Kier molecular flexibility index (Phi) is 4.20. The molecule has 5 nitrogen and oxygen atoms in total. The fourth-order valence-electron chi connectivity index (χ4n) is 2.97. The van der Waals surface area contributed by atoms with Crippen molar-refractivity contribution in [2.45, 2.75) is 44.6 Å². The number of phenols is 1. The van der Waals surface area contributed by atoms with Crippen molar-refractivity contribution in [1.82, 2.24) is 10.1 Å². The molecule has 21 heavy (non-hydrogen) atoms. The van der Waals surface area contributed by atoms with Crippen LogP contribution in [0.1, 0.15) is 55.4 Å². The van der Waals surface area contributed by atoms with Crippen LogP contribution < -0.4 is 5.73 Å². The van der Waals surface area contributed by atoms with Gasteiger partial charge in [-0.3, -0.25) is 0 Å². The molecule has 1 saturated carbocycles. The summed E-state index contributed by atoms with van der Waals surface area (Å²) in [5.41, 5.74) is 7.30. The lowest BCUT2D eigenvalue weighted by Crippen LogP contribution is -2.23. The lowest BCUT2D eigenvalue weighted by Gasteiger charge is -2.24. The van der Waals surface area contributed by atoms with Crippen LogP contribution in [-0.4, -0.2) is 15.2 Å². The predicted octanol–water partition coefficient (Wildman–Crippen LogP) is 2.95. The average molecular weight is 287 g/mol. The third kappa shape index (κ3) is 3.42. The van der Waals surface area contributed by atoms with Crippen LogP contribution in [0.4, 0.5) is 0 Å². The van der Waals surface area contributed by atoms with E-state index >= 15 is 0 Å². The van der Waals surface area contributed by atoms with Crippen LogP contribution in [0, 0.1) is 5.92 Å². The Morgan fingerprint density at radius 1 is 1.19 bits per heavy atom. The second-order valence-corrected chi connectivity index (χ2v) is 5.82. The van der Waals surface area contributed by atoms with Gasteiger partial charge >= 0.3 is 0 Å². The van der Waals surface area contributed by atoms with Gasteiger partial charge in [-0.15, -0.1) is 0 Å². The molecule has 1 unspecified atom stereocenters. The Morgan fingerprint density at radius 2 is 1.90 bits per heavy atom. The first-order valence-electron chi connectivity index (χ1n) is 7.58. The molecule has 0 aliphatic heterocycles. The van der Waals surface area contributed by atoms with E-state index in [-0.39, 0.29) is 11.8 Å². The van der Waals surface area contributed by atoms with Crippen LogP contribution >= 0.6 is 0 Å². The predicted molar refractivity (Wildman–Crippen MR) is 78.7 cm³/mol. The second kappa shape index (κ2) is 6.26. The van der Waals surface area contributed by atoms with Gasteiger partial charge in [0.1, 0.15) is 5.75 Å². The van der Waals surface area contributed by atoms with E-state index in [0.717, 1.165) is 18.4 Å². The summed E-state index contributed by atoms with van der Waals surface area (Å²) in [5.74, 6) is 1.91. The van der Waals surface area contributed by atoms with E-state index in [9.17, 15) is 5.11 Å². The first-order valence-corrected chi connectivity index (χ1v) is 7.58. The summed E-state index contributed by atoms with van der Waals surface area (Å²) in [6, 6.07) is 6.87. The fraction of sp³-hybridized carbons (Fsp3) is 0.500. The highest BCUT2D eigenvalue weighted by Gasteiger charge is 2.26. The number of nitrogens with two attached hydrogens (primary N) is 1. The number of hydrogen-bond acceptors (Lipinski definition) is 5. The maximum absolute atomic E-state index is 9.28. The van der Waals surface area contributed by atoms with Crippen LogP contribution in [0.3, 0.4) is 0 Å². The van der Waals surface area contributed by atoms with Gasteiger partial charge in [0.2, 0.25) is 5.89 Å². The highest BCUT2D eigenvalue weighted by Crippen LogP contribution is 2.32. The molecule has 0 spiro atoms. The van der Waals surface area contributed by atoms with Gasteiger partial charge < -0.3 is 15.4 Å². The highest BCUT2D eigenvalue weighted by atomic mass is 16.5. The third-order valence-corrected chi connectivity index (χ3v) is 4.23. The van der Waals surface area contributed by atoms with Gasteiger partial charge in [0.15, 0.2) is 5.82 Å². The van der Waals surface area contributed by atoms with E-state index in [1.807, 2.05) is 12.1 Å². The van der Waals surface area contributed by atoms with Gasteiger partial charge in [-0.05, 0) is 36.5 Å². The first-order chi connectivity index (χ1) is 10.2. The smallest absolute Gasteiger partial charge is 0.243 e. The summed E-state index contributed by atoms with van der Waals surface area (Å²) in [7, 11) is 0. The van der Waals surface area contributed by atoms with Gasteiger partial charge in [-0.2, -0.15) is 4.98 Å². The van der Waals surface area contributed by atoms with Crippen molar-refractivity contribution in [2.75, 3.05) is 0 Å². The molecule has 2 aromatic rings. The summed E-state index contributed by atoms with van der Waals surface area (Å²) >= 11 is 0. The summed E-state index contributed by atoms with van der Waals surface area (Å²) in [4.78, 5) is 4.44. The molecule has 0 saturated heterocycles. The number of phenolic OH excluding ortho intramolecular Hbond substituents is 1. The lowest BCUT2D eigenvalue weighted by atomic mass is 9.84. The minimum absolute atomic E-state index is 0.147. The number of hydrogen-bond donors (Lipinski definition) is 2. The van der Waals surface area contributed by atoms with E-state index < -0.39 is 0 Å². The van der Waals surface area contributed by atoms with Crippen molar-refractivity contribution in [1.29, 1.82) is 0 Å². The van der Waals surface area contributed by atoms with E-state index in [1.54, 1.807) is 12.1 Å². The van der Waals surface area contributed by atoms with Gasteiger partial charge in [0.25, 0.3) is 0 Å². The molecular weight excluding hydrogens is 266 g/mol.